The molecule has 3 rings (SSSR count). The number of fused-ring (bicyclic) bond motifs is 1. The van der Waals surface area contributed by atoms with Gasteiger partial charge in [0.2, 0.25) is 5.91 Å². The van der Waals surface area contributed by atoms with Gasteiger partial charge in [-0.15, -0.1) is 0 Å². The summed E-state index contributed by atoms with van der Waals surface area (Å²) in [6.07, 6.45) is 1.64. The molecule has 1 heterocycles. The van der Waals surface area contributed by atoms with Gasteiger partial charge in [-0.1, -0.05) is 43.3 Å². The number of amides is 1. The van der Waals surface area contributed by atoms with Crippen LogP contribution in [0.4, 0.5) is 5.69 Å². The number of aromatic nitrogens is 2. The number of thioether (sulfide) groups is 1. The fourth-order valence-corrected chi connectivity index (χ4v) is 3.38. The van der Waals surface area contributed by atoms with Gasteiger partial charge < -0.3 is 10.3 Å². The fourth-order valence-electron chi connectivity index (χ4n) is 2.33. The molecule has 1 aromatic heterocycles. The lowest BCUT2D eigenvalue weighted by Crippen LogP contribution is -2.22. The topological polar surface area (TPSA) is 57.8 Å². The van der Waals surface area contributed by atoms with Crippen LogP contribution in [0.25, 0.3) is 11.0 Å². The number of nitrogens with one attached hydrogen (secondary N) is 2. The third-order valence-corrected chi connectivity index (χ3v) is 4.91. The van der Waals surface area contributed by atoms with Crippen LogP contribution in [0, 0.1) is 5.92 Å². The van der Waals surface area contributed by atoms with E-state index in [4.69, 9.17) is 0 Å². The van der Waals surface area contributed by atoms with Gasteiger partial charge in [0, 0.05) is 17.4 Å². The van der Waals surface area contributed by atoms with Gasteiger partial charge >= 0.3 is 0 Å². The zero-order valence-electron chi connectivity index (χ0n) is 13.0. The number of nitrogens with zero attached hydrogens (tertiary/aromatic N) is 1. The molecule has 0 aliphatic heterocycles. The summed E-state index contributed by atoms with van der Waals surface area (Å²) >= 11 is 1.78. The Morgan fingerprint density at radius 2 is 2.04 bits per heavy atom. The number of H-pyrrole nitrogens is 1. The van der Waals surface area contributed by atoms with Crippen molar-refractivity contribution in [1.82, 2.24) is 9.97 Å². The summed E-state index contributed by atoms with van der Waals surface area (Å²) in [5.41, 5.74) is 3.76. The van der Waals surface area contributed by atoms with Crippen molar-refractivity contribution < 1.29 is 4.79 Å². The zero-order valence-corrected chi connectivity index (χ0v) is 13.8. The Kier molecular flexibility index (Phi) is 4.98. The van der Waals surface area contributed by atoms with E-state index < -0.39 is 0 Å². The van der Waals surface area contributed by atoms with E-state index in [-0.39, 0.29) is 11.8 Å². The molecule has 0 aliphatic carbocycles. The Bertz CT molecular complexity index is 785. The summed E-state index contributed by atoms with van der Waals surface area (Å²) < 4.78 is 0. The highest BCUT2D eigenvalue weighted by Gasteiger charge is 2.15. The maximum atomic E-state index is 12.4. The molecule has 0 aliphatic rings. The predicted molar refractivity (Wildman–Crippen MR) is 96.5 cm³/mol. The van der Waals surface area contributed by atoms with Crippen molar-refractivity contribution in [3.05, 3.63) is 60.4 Å². The van der Waals surface area contributed by atoms with Crippen LogP contribution >= 0.6 is 11.8 Å². The van der Waals surface area contributed by atoms with Crippen LogP contribution in [0.1, 0.15) is 12.5 Å². The number of rotatable bonds is 6. The number of para-hydroxylation sites is 1. The Morgan fingerprint density at radius 3 is 2.87 bits per heavy atom. The van der Waals surface area contributed by atoms with Crippen LogP contribution in [0.2, 0.25) is 0 Å². The largest absolute Gasteiger partial charge is 0.345 e. The van der Waals surface area contributed by atoms with Crippen LogP contribution in [-0.4, -0.2) is 21.6 Å². The molecular formula is C18H19N3OS. The van der Waals surface area contributed by atoms with Crippen molar-refractivity contribution in [3.63, 3.8) is 0 Å². The maximum Gasteiger partial charge on any atom is 0.228 e. The molecule has 2 aromatic carbocycles. The van der Waals surface area contributed by atoms with Crippen LogP contribution < -0.4 is 5.32 Å². The molecule has 0 saturated heterocycles. The van der Waals surface area contributed by atoms with Crippen molar-refractivity contribution in [3.8, 4) is 0 Å². The predicted octanol–water partition coefficient (Wildman–Crippen LogP) is 4.07. The standard InChI is InChI=1S/C18H19N3OS/c1-13(10-23-11-14-6-3-2-4-7-14)18(22)21-16-9-5-8-15-17(16)20-12-19-15/h2-9,12-13H,10-11H2,1H3,(H,19,20)(H,21,22)/t13-/m0/s1. The average molecular weight is 325 g/mol. The minimum absolute atomic E-state index is 0.0288. The Balaban J connectivity index is 1.54. The summed E-state index contributed by atoms with van der Waals surface area (Å²) in [5.74, 6) is 1.68. The van der Waals surface area contributed by atoms with Crippen molar-refractivity contribution in [1.29, 1.82) is 0 Å². The van der Waals surface area contributed by atoms with E-state index in [2.05, 4.69) is 27.4 Å². The molecule has 0 radical (unpaired) electrons. The number of benzene rings is 2. The number of hydrogen-bond donors (Lipinski definition) is 2. The molecule has 23 heavy (non-hydrogen) atoms. The minimum atomic E-state index is -0.0575. The molecule has 3 aromatic rings. The van der Waals surface area contributed by atoms with Gasteiger partial charge in [0.25, 0.3) is 0 Å². The number of hydrogen-bond acceptors (Lipinski definition) is 3. The third-order valence-electron chi connectivity index (χ3n) is 3.63. The molecule has 118 valence electrons. The molecule has 1 amide bonds. The number of carbonyl (C=O) groups is 1. The zero-order chi connectivity index (χ0) is 16.1. The number of aromatic amines is 1. The number of imidazole rings is 1. The summed E-state index contributed by atoms with van der Waals surface area (Å²) in [6, 6.07) is 16.0. The molecule has 4 nitrogen and oxygen atoms in total. The average Bonchev–Trinajstić information content (AvgIpc) is 3.05. The molecule has 0 saturated carbocycles. The van der Waals surface area contributed by atoms with E-state index in [0.29, 0.717) is 0 Å². The van der Waals surface area contributed by atoms with Crippen LogP contribution in [0.3, 0.4) is 0 Å². The number of carbonyl (C=O) groups excluding carboxylic acids is 1. The lowest BCUT2D eigenvalue weighted by molar-refractivity contribution is -0.118. The van der Waals surface area contributed by atoms with Gasteiger partial charge in [-0.05, 0) is 17.7 Å². The van der Waals surface area contributed by atoms with E-state index in [9.17, 15) is 4.79 Å². The third kappa shape index (κ3) is 3.93. The van der Waals surface area contributed by atoms with E-state index in [1.807, 2.05) is 43.3 Å². The SMILES string of the molecule is C[C@@H](CSCc1ccccc1)C(=O)Nc1cccc2[nH]cnc12. The van der Waals surface area contributed by atoms with Gasteiger partial charge in [-0.2, -0.15) is 11.8 Å². The first-order valence-corrected chi connectivity index (χ1v) is 8.74. The van der Waals surface area contributed by atoms with E-state index >= 15 is 0 Å². The fraction of sp³-hybridized carbons (Fsp3) is 0.222. The van der Waals surface area contributed by atoms with Crippen molar-refractivity contribution >= 4 is 34.4 Å². The lowest BCUT2D eigenvalue weighted by Gasteiger charge is -2.12. The first kappa shape index (κ1) is 15.6. The van der Waals surface area contributed by atoms with Gasteiger partial charge in [0.15, 0.2) is 0 Å². The monoisotopic (exact) mass is 325 g/mol. The van der Waals surface area contributed by atoms with Crippen molar-refractivity contribution in [2.75, 3.05) is 11.1 Å². The smallest absolute Gasteiger partial charge is 0.228 e. The van der Waals surface area contributed by atoms with E-state index in [1.165, 1.54) is 5.56 Å². The maximum absolute atomic E-state index is 12.4. The molecular weight excluding hydrogens is 306 g/mol. The Hall–Kier alpha value is -2.27. The van der Waals surface area contributed by atoms with Crippen molar-refractivity contribution in [2.24, 2.45) is 5.92 Å². The first-order valence-electron chi connectivity index (χ1n) is 7.58. The molecule has 5 heteroatoms. The highest BCUT2D eigenvalue weighted by atomic mass is 32.2. The van der Waals surface area contributed by atoms with Crippen molar-refractivity contribution in [2.45, 2.75) is 12.7 Å². The van der Waals surface area contributed by atoms with Gasteiger partial charge in [0.05, 0.1) is 17.5 Å². The van der Waals surface area contributed by atoms with Gasteiger partial charge in [0.1, 0.15) is 5.52 Å². The van der Waals surface area contributed by atoms with E-state index in [1.54, 1.807) is 18.1 Å². The molecule has 0 spiro atoms. The quantitative estimate of drug-likeness (QED) is 0.718. The van der Waals surface area contributed by atoms with Crippen LogP contribution in [0.5, 0.6) is 0 Å². The van der Waals surface area contributed by atoms with Gasteiger partial charge in [-0.25, -0.2) is 4.98 Å². The molecule has 0 unspecified atom stereocenters. The first-order chi connectivity index (χ1) is 11.2. The highest BCUT2D eigenvalue weighted by Crippen LogP contribution is 2.21. The molecule has 0 bridgehead atoms. The Labute approximate surface area is 139 Å². The molecule has 0 fully saturated rings. The minimum Gasteiger partial charge on any atom is -0.345 e. The second kappa shape index (κ2) is 7.33. The summed E-state index contributed by atoms with van der Waals surface area (Å²) in [7, 11) is 0. The Morgan fingerprint density at radius 1 is 1.22 bits per heavy atom. The highest BCUT2D eigenvalue weighted by molar-refractivity contribution is 7.98. The van der Waals surface area contributed by atoms with E-state index in [0.717, 1.165) is 28.2 Å². The lowest BCUT2D eigenvalue weighted by atomic mass is 10.2. The number of anilines is 1. The summed E-state index contributed by atoms with van der Waals surface area (Å²) in [5, 5.41) is 2.98. The molecule has 1 atom stereocenters. The summed E-state index contributed by atoms with van der Waals surface area (Å²) in [6.45, 7) is 1.96. The van der Waals surface area contributed by atoms with Crippen LogP contribution in [-0.2, 0) is 10.5 Å². The van der Waals surface area contributed by atoms with Crippen LogP contribution in [0.15, 0.2) is 54.9 Å². The second-order valence-electron chi connectivity index (χ2n) is 5.50. The normalized spacial score (nSPS) is 12.2. The molecule has 2 N–H and O–H groups in total. The summed E-state index contributed by atoms with van der Waals surface area (Å²) in [4.78, 5) is 19.7. The second-order valence-corrected chi connectivity index (χ2v) is 6.53. The van der Waals surface area contributed by atoms with Gasteiger partial charge in [-0.3, -0.25) is 4.79 Å².